The molecule has 0 aliphatic heterocycles. The smallest absolute Gasteiger partial charge is 0.122 e. The van der Waals surface area contributed by atoms with Gasteiger partial charge in [0.2, 0.25) is 0 Å². The van der Waals surface area contributed by atoms with E-state index in [-0.39, 0.29) is 12.0 Å². The summed E-state index contributed by atoms with van der Waals surface area (Å²) < 4.78 is 10.6. The molecule has 2 atom stereocenters. The van der Waals surface area contributed by atoms with E-state index in [2.05, 4.69) is 11.9 Å². The maximum atomic E-state index is 6.37. The quantitative estimate of drug-likeness (QED) is 0.909. The third-order valence-corrected chi connectivity index (χ3v) is 3.45. The number of methoxy groups -OCH3 is 2. The van der Waals surface area contributed by atoms with Crippen molar-refractivity contribution in [1.29, 1.82) is 0 Å². The minimum atomic E-state index is -0.172. The van der Waals surface area contributed by atoms with Gasteiger partial charge in [-0.05, 0) is 29.8 Å². The van der Waals surface area contributed by atoms with E-state index in [1.54, 1.807) is 20.4 Å². The third kappa shape index (κ3) is 3.08. The molecule has 0 fully saturated rings. The molecule has 2 rings (SSSR count). The Morgan fingerprint density at radius 3 is 2.20 bits per heavy atom. The first kappa shape index (κ1) is 14.3. The molecule has 0 bridgehead atoms. The van der Waals surface area contributed by atoms with E-state index in [1.165, 1.54) is 0 Å². The Morgan fingerprint density at radius 1 is 1.05 bits per heavy atom. The molecule has 4 nitrogen and oxygen atoms in total. The van der Waals surface area contributed by atoms with Crippen LogP contribution in [0.2, 0.25) is 0 Å². The van der Waals surface area contributed by atoms with Gasteiger partial charge in [-0.15, -0.1) is 0 Å². The van der Waals surface area contributed by atoms with Crippen LogP contribution in [0, 0.1) is 0 Å². The molecule has 0 radical (unpaired) electrons. The lowest BCUT2D eigenvalue weighted by Crippen LogP contribution is -2.18. The minimum Gasteiger partial charge on any atom is -0.497 e. The van der Waals surface area contributed by atoms with Crippen LogP contribution in [0.5, 0.6) is 11.5 Å². The van der Waals surface area contributed by atoms with Crippen molar-refractivity contribution >= 4 is 0 Å². The van der Waals surface area contributed by atoms with Gasteiger partial charge in [0.05, 0.1) is 14.2 Å². The average Bonchev–Trinajstić information content (AvgIpc) is 2.53. The van der Waals surface area contributed by atoms with Crippen molar-refractivity contribution < 1.29 is 9.47 Å². The van der Waals surface area contributed by atoms with E-state index in [0.29, 0.717) is 0 Å². The molecule has 1 aromatic carbocycles. The van der Waals surface area contributed by atoms with Gasteiger partial charge < -0.3 is 15.2 Å². The minimum absolute atomic E-state index is 0.105. The fraction of sp³-hybridized carbons (Fsp3) is 0.312. The molecule has 1 aromatic heterocycles. The standard InChI is InChI=1S/C16H20N2O2/c1-11(15-6-4-5-7-18-15)16(17)12-8-13(19-2)10-14(9-12)20-3/h4-11,16H,17H2,1-3H3. The highest BCUT2D eigenvalue weighted by atomic mass is 16.5. The molecule has 20 heavy (non-hydrogen) atoms. The monoisotopic (exact) mass is 272 g/mol. The van der Waals surface area contributed by atoms with Crippen LogP contribution in [0.25, 0.3) is 0 Å². The number of pyridine rings is 1. The van der Waals surface area contributed by atoms with Gasteiger partial charge in [0.15, 0.2) is 0 Å². The van der Waals surface area contributed by atoms with Gasteiger partial charge in [-0.1, -0.05) is 13.0 Å². The fourth-order valence-electron chi connectivity index (χ4n) is 2.14. The third-order valence-electron chi connectivity index (χ3n) is 3.45. The number of hydrogen-bond acceptors (Lipinski definition) is 4. The predicted octanol–water partition coefficient (Wildman–Crippen LogP) is 2.90. The average molecular weight is 272 g/mol. The zero-order valence-corrected chi connectivity index (χ0v) is 12.0. The van der Waals surface area contributed by atoms with Crippen LogP contribution in [0.4, 0.5) is 0 Å². The lowest BCUT2D eigenvalue weighted by molar-refractivity contribution is 0.392. The van der Waals surface area contributed by atoms with Crippen molar-refractivity contribution in [3.05, 3.63) is 53.9 Å². The van der Waals surface area contributed by atoms with Gasteiger partial charge in [-0.2, -0.15) is 0 Å². The second-order valence-corrected chi connectivity index (χ2v) is 4.72. The summed E-state index contributed by atoms with van der Waals surface area (Å²) in [4.78, 5) is 4.37. The van der Waals surface area contributed by atoms with E-state index < -0.39 is 0 Å². The van der Waals surface area contributed by atoms with Crippen molar-refractivity contribution in [3.63, 3.8) is 0 Å². The summed E-state index contributed by atoms with van der Waals surface area (Å²) in [7, 11) is 3.26. The van der Waals surface area contributed by atoms with Crippen LogP contribution in [0.15, 0.2) is 42.6 Å². The van der Waals surface area contributed by atoms with Crippen molar-refractivity contribution in [2.75, 3.05) is 14.2 Å². The SMILES string of the molecule is COc1cc(OC)cc(C(N)C(C)c2ccccn2)c1. The molecule has 0 spiro atoms. The van der Waals surface area contributed by atoms with Crippen LogP contribution in [0.3, 0.4) is 0 Å². The molecule has 0 aliphatic rings. The van der Waals surface area contributed by atoms with Gasteiger partial charge in [0.25, 0.3) is 0 Å². The van der Waals surface area contributed by atoms with E-state index in [9.17, 15) is 0 Å². The first-order valence-electron chi connectivity index (χ1n) is 6.55. The first-order valence-corrected chi connectivity index (χ1v) is 6.55. The van der Waals surface area contributed by atoms with Crippen molar-refractivity contribution in [1.82, 2.24) is 4.98 Å². The Kier molecular flexibility index (Phi) is 4.58. The first-order chi connectivity index (χ1) is 9.65. The number of nitrogens with zero attached hydrogens (tertiary/aromatic N) is 1. The number of rotatable bonds is 5. The van der Waals surface area contributed by atoms with Gasteiger partial charge >= 0.3 is 0 Å². The summed E-state index contributed by atoms with van der Waals surface area (Å²) in [6.45, 7) is 2.07. The number of hydrogen-bond donors (Lipinski definition) is 1. The Labute approximate surface area is 119 Å². The normalized spacial score (nSPS) is 13.6. The highest BCUT2D eigenvalue weighted by Gasteiger charge is 2.19. The van der Waals surface area contributed by atoms with Crippen LogP contribution < -0.4 is 15.2 Å². The van der Waals surface area contributed by atoms with Crippen molar-refractivity contribution in [3.8, 4) is 11.5 Å². The fourth-order valence-corrected chi connectivity index (χ4v) is 2.14. The van der Waals surface area contributed by atoms with Gasteiger partial charge in [0, 0.05) is 29.9 Å². The zero-order chi connectivity index (χ0) is 14.5. The summed E-state index contributed by atoms with van der Waals surface area (Å²) in [6, 6.07) is 11.4. The maximum Gasteiger partial charge on any atom is 0.122 e. The summed E-state index contributed by atoms with van der Waals surface area (Å²) in [6.07, 6.45) is 1.78. The van der Waals surface area contributed by atoms with Crippen LogP contribution in [-0.2, 0) is 0 Å². The van der Waals surface area contributed by atoms with E-state index in [0.717, 1.165) is 22.8 Å². The molecule has 2 aromatic rings. The van der Waals surface area contributed by atoms with Crippen molar-refractivity contribution in [2.45, 2.75) is 18.9 Å². The molecule has 1 heterocycles. The molecule has 0 aliphatic carbocycles. The number of ether oxygens (including phenoxy) is 2. The maximum absolute atomic E-state index is 6.37. The van der Waals surface area contributed by atoms with Crippen LogP contribution >= 0.6 is 0 Å². The number of aromatic nitrogens is 1. The Bertz CT molecular complexity index is 535. The molecular formula is C16H20N2O2. The molecule has 0 saturated heterocycles. The molecule has 0 saturated carbocycles. The number of nitrogens with two attached hydrogens (primary N) is 1. The van der Waals surface area contributed by atoms with Crippen LogP contribution in [-0.4, -0.2) is 19.2 Å². The molecule has 0 amide bonds. The molecular weight excluding hydrogens is 252 g/mol. The largest absolute Gasteiger partial charge is 0.497 e. The van der Waals surface area contributed by atoms with Gasteiger partial charge in [-0.3, -0.25) is 4.98 Å². The molecule has 4 heteroatoms. The predicted molar refractivity (Wildman–Crippen MR) is 79.1 cm³/mol. The zero-order valence-electron chi connectivity index (χ0n) is 12.0. The number of benzene rings is 1. The second-order valence-electron chi connectivity index (χ2n) is 4.72. The van der Waals surface area contributed by atoms with E-state index in [1.807, 2.05) is 36.4 Å². The second kappa shape index (κ2) is 6.39. The van der Waals surface area contributed by atoms with Gasteiger partial charge in [0.1, 0.15) is 11.5 Å². The highest BCUT2D eigenvalue weighted by molar-refractivity contribution is 5.40. The Morgan fingerprint density at radius 2 is 1.70 bits per heavy atom. The summed E-state index contributed by atoms with van der Waals surface area (Å²) in [5.74, 6) is 1.58. The molecule has 2 N–H and O–H groups in total. The summed E-state index contributed by atoms with van der Waals surface area (Å²) in [5, 5.41) is 0. The van der Waals surface area contributed by atoms with Crippen molar-refractivity contribution in [2.24, 2.45) is 5.73 Å². The van der Waals surface area contributed by atoms with E-state index in [4.69, 9.17) is 15.2 Å². The molecule has 2 unspecified atom stereocenters. The van der Waals surface area contributed by atoms with Gasteiger partial charge in [-0.25, -0.2) is 0 Å². The highest BCUT2D eigenvalue weighted by Crippen LogP contribution is 2.32. The molecule has 106 valence electrons. The topological polar surface area (TPSA) is 57.4 Å². The van der Waals surface area contributed by atoms with E-state index >= 15 is 0 Å². The Balaban J connectivity index is 2.30. The van der Waals surface area contributed by atoms with Crippen LogP contribution in [0.1, 0.15) is 30.1 Å². The summed E-state index contributed by atoms with van der Waals surface area (Å²) >= 11 is 0. The Hall–Kier alpha value is -2.07. The lowest BCUT2D eigenvalue weighted by Gasteiger charge is -2.21. The lowest BCUT2D eigenvalue weighted by atomic mass is 9.92. The summed E-state index contributed by atoms with van der Waals surface area (Å²) in [5.41, 5.74) is 8.31.